The molecule has 0 spiro atoms. The Morgan fingerprint density at radius 2 is 0.711 bits per heavy atom. The topological polar surface area (TPSA) is 0 Å². The maximum atomic E-state index is 2.35. The molecular weight excluding hydrogens is 456 g/mol. The maximum Gasteiger partial charge on any atom is -0.00988 e. The minimum absolute atomic E-state index is 1.25. The lowest BCUT2D eigenvalue weighted by Crippen LogP contribution is -1.86. The van der Waals surface area contributed by atoms with E-state index in [4.69, 9.17) is 0 Å². The molecule has 0 aromatic heterocycles. The van der Waals surface area contributed by atoms with Crippen molar-refractivity contribution < 1.29 is 0 Å². The summed E-state index contributed by atoms with van der Waals surface area (Å²) in [6.07, 6.45) is 0. The molecule has 0 N–H and O–H groups in total. The summed E-state index contributed by atoms with van der Waals surface area (Å²) in [4.78, 5) is 0. The van der Waals surface area contributed by atoms with Gasteiger partial charge in [0.1, 0.15) is 0 Å². The number of rotatable bonds is 2. The Bertz CT molecular complexity index is 2180. The molecule has 0 aliphatic heterocycles. The highest BCUT2D eigenvalue weighted by Crippen LogP contribution is 2.37. The van der Waals surface area contributed by atoms with Gasteiger partial charge in [-0.3, -0.25) is 0 Å². The van der Waals surface area contributed by atoms with Crippen LogP contribution in [-0.2, 0) is 0 Å². The van der Waals surface area contributed by atoms with Crippen molar-refractivity contribution in [1.82, 2.24) is 0 Å². The molecule has 8 aromatic rings. The summed E-state index contributed by atoms with van der Waals surface area (Å²) in [5.74, 6) is 0. The van der Waals surface area contributed by atoms with Crippen LogP contribution in [0.3, 0.4) is 0 Å². The fourth-order valence-corrected chi connectivity index (χ4v) is 6.01. The molecular formula is C38H24. The van der Waals surface area contributed by atoms with Crippen molar-refractivity contribution in [2.24, 2.45) is 0 Å². The number of hydrogen-bond acceptors (Lipinski definition) is 0. The highest BCUT2D eigenvalue weighted by molar-refractivity contribution is 6.14. The minimum Gasteiger partial charge on any atom is -0.0616 e. The quantitative estimate of drug-likeness (QED) is 0.170. The molecule has 0 aliphatic carbocycles. The van der Waals surface area contributed by atoms with Crippen LogP contribution in [0.25, 0.3) is 76.1 Å². The van der Waals surface area contributed by atoms with Crippen molar-refractivity contribution in [3.05, 3.63) is 146 Å². The van der Waals surface area contributed by atoms with Crippen LogP contribution in [0.4, 0.5) is 0 Å². The predicted octanol–water partition coefficient (Wildman–Crippen LogP) is 10.8. The molecule has 0 unspecified atom stereocenters. The molecule has 0 saturated carbocycles. The van der Waals surface area contributed by atoms with Crippen LogP contribution in [0.2, 0.25) is 0 Å². The molecule has 0 aliphatic rings. The van der Waals surface area contributed by atoms with E-state index in [9.17, 15) is 0 Å². The first-order valence-electron chi connectivity index (χ1n) is 13.2. The third kappa shape index (κ3) is 3.38. The second kappa shape index (κ2) is 8.30. The average Bonchev–Trinajstić information content (AvgIpc) is 2.99. The molecule has 176 valence electrons. The van der Waals surface area contributed by atoms with Crippen molar-refractivity contribution in [1.29, 1.82) is 0 Å². The monoisotopic (exact) mass is 480 g/mol. The van der Waals surface area contributed by atoms with Gasteiger partial charge in [0, 0.05) is 0 Å². The highest BCUT2D eigenvalue weighted by atomic mass is 14.1. The van der Waals surface area contributed by atoms with E-state index in [0.29, 0.717) is 0 Å². The van der Waals surface area contributed by atoms with Gasteiger partial charge in [0.05, 0.1) is 0 Å². The molecule has 0 heterocycles. The first-order valence-corrected chi connectivity index (χ1v) is 13.2. The zero-order valence-corrected chi connectivity index (χ0v) is 20.9. The maximum absolute atomic E-state index is 2.35. The third-order valence-electron chi connectivity index (χ3n) is 7.96. The fraction of sp³-hybridized carbons (Fsp3) is 0. The summed E-state index contributed by atoms with van der Waals surface area (Å²) < 4.78 is 0. The fourth-order valence-electron chi connectivity index (χ4n) is 6.01. The smallest absolute Gasteiger partial charge is 0.00988 e. The van der Waals surface area contributed by atoms with Crippen LogP contribution in [0.5, 0.6) is 0 Å². The van der Waals surface area contributed by atoms with Crippen molar-refractivity contribution in [2.75, 3.05) is 0 Å². The van der Waals surface area contributed by atoms with Crippen molar-refractivity contribution >= 4 is 53.9 Å². The molecule has 0 nitrogen and oxygen atoms in total. The molecule has 8 rings (SSSR count). The van der Waals surface area contributed by atoms with Gasteiger partial charge in [-0.1, -0.05) is 109 Å². The Labute approximate surface area is 221 Å². The Balaban J connectivity index is 1.27. The first-order chi connectivity index (χ1) is 18.8. The van der Waals surface area contributed by atoms with Crippen LogP contribution >= 0.6 is 0 Å². The summed E-state index contributed by atoms with van der Waals surface area (Å²) in [6, 6.07) is 53.5. The lowest BCUT2D eigenvalue weighted by atomic mass is 9.91. The summed E-state index contributed by atoms with van der Waals surface area (Å²) in [7, 11) is 0. The van der Waals surface area contributed by atoms with E-state index >= 15 is 0 Å². The number of fused-ring (bicyclic) bond motifs is 6. The average molecular weight is 481 g/mol. The summed E-state index contributed by atoms with van der Waals surface area (Å²) >= 11 is 0. The molecule has 0 radical (unpaired) electrons. The van der Waals surface area contributed by atoms with Gasteiger partial charge in [-0.15, -0.1) is 0 Å². The highest BCUT2D eigenvalue weighted by Gasteiger charge is 2.10. The van der Waals surface area contributed by atoms with E-state index < -0.39 is 0 Å². The second-order valence-electron chi connectivity index (χ2n) is 10.2. The summed E-state index contributed by atoms with van der Waals surface area (Å²) in [5.41, 5.74) is 5.05. The minimum atomic E-state index is 1.25. The van der Waals surface area contributed by atoms with Crippen molar-refractivity contribution in [3.63, 3.8) is 0 Å². The largest absolute Gasteiger partial charge is 0.0616 e. The van der Waals surface area contributed by atoms with Crippen molar-refractivity contribution in [3.8, 4) is 22.3 Å². The van der Waals surface area contributed by atoms with Gasteiger partial charge in [0.15, 0.2) is 0 Å². The third-order valence-corrected chi connectivity index (χ3v) is 7.96. The Morgan fingerprint density at radius 3 is 1.45 bits per heavy atom. The van der Waals surface area contributed by atoms with E-state index in [1.807, 2.05) is 0 Å². The zero-order chi connectivity index (χ0) is 25.1. The lowest BCUT2D eigenvalue weighted by Gasteiger charge is -2.12. The molecule has 0 heteroatoms. The molecule has 0 saturated heterocycles. The van der Waals surface area contributed by atoms with Crippen LogP contribution < -0.4 is 0 Å². The Morgan fingerprint density at radius 1 is 0.237 bits per heavy atom. The molecule has 38 heavy (non-hydrogen) atoms. The standard InChI is InChI=1S/C38H24/c1-2-8-26-19-27(14-13-25(26)7-1)28-15-16-29-22-34-23-32(18-17-30(34)21-33(29)20-28)38-24-31-9-3-4-10-35(31)36-11-5-6-12-37(36)38/h1-24H. The van der Waals surface area contributed by atoms with Crippen LogP contribution in [0, 0.1) is 0 Å². The van der Waals surface area contributed by atoms with Crippen molar-refractivity contribution in [2.45, 2.75) is 0 Å². The molecule has 8 aromatic carbocycles. The predicted molar refractivity (Wildman–Crippen MR) is 165 cm³/mol. The van der Waals surface area contributed by atoms with Crippen LogP contribution in [-0.4, -0.2) is 0 Å². The second-order valence-corrected chi connectivity index (χ2v) is 10.2. The number of benzene rings is 8. The van der Waals surface area contributed by atoms with E-state index in [-0.39, 0.29) is 0 Å². The normalized spacial score (nSPS) is 11.7. The SMILES string of the molecule is c1ccc2cc(-c3ccc4cc5cc(-c6cc7ccccc7c7ccccc67)ccc5cc4c3)ccc2c1. The van der Waals surface area contributed by atoms with E-state index in [2.05, 4.69) is 146 Å². The van der Waals surface area contributed by atoms with Gasteiger partial charge in [0.2, 0.25) is 0 Å². The first kappa shape index (κ1) is 21.2. The molecule has 0 amide bonds. The van der Waals surface area contributed by atoms with Gasteiger partial charge in [0.25, 0.3) is 0 Å². The number of hydrogen-bond donors (Lipinski definition) is 0. The Kier molecular flexibility index (Phi) is 4.62. The van der Waals surface area contributed by atoms with Gasteiger partial charge in [-0.25, -0.2) is 0 Å². The van der Waals surface area contributed by atoms with Crippen LogP contribution in [0.1, 0.15) is 0 Å². The molecule has 0 bridgehead atoms. The zero-order valence-electron chi connectivity index (χ0n) is 20.9. The molecule has 0 atom stereocenters. The van der Waals surface area contributed by atoms with E-state index in [0.717, 1.165) is 0 Å². The summed E-state index contributed by atoms with van der Waals surface area (Å²) in [5, 5.41) is 12.8. The van der Waals surface area contributed by atoms with Gasteiger partial charge in [-0.05, 0) is 113 Å². The Hall–Kier alpha value is -4.94. The van der Waals surface area contributed by atoms with Gasteiger partial charge < -0.3 is 0 Å². The van der Waals surface area contributed by atoms with E-state index in [1.165, 1.54) is 76.1 Å². The van der Waals surface area contributed by atoms with Crippen LogP contribution in [0.15, 0.2) is 146 Å². The summed E-state index contributed by atoms with van der Waals surface area (Å²) in [6.45, 7) is 0. The van der Waals surface area contributed by atoms with E-state index in [1.54, 1.807) is 0 Å². The van der Waals surface area contributed by atoms with Gasteiger partial charge >= 0.3 is 0 Å². The molecule has 0 fully saturated rings. The van der Waals surface area contributed by atoms with Gasteiger partial charge in [-0.2, -0.15) is 0 Å². The lowest BCUT2D eigenvalue weighted by molar-refractivity contribution is 1.67.